The summed E-state index contributed by atoms with van der Waals surface area (Å²) >= 11 is 0. The molecule has 0 unspecified atom stereocenters. The van der Waals surface area contributed by atoms with Crippen molar-refractivity contribution in [3.63, 3.8) is 0 Å². The number of hydrogen-bond donors (Lipinski definition) is 3. The average molecular weight is 450 g/mol. The number of benzene rings is 3. The van der Waals surface area contributed by atoms with Crippen LogP contribution in [0.3, 0.4) is 0 Å². The molecular formula is C24H22N2O7. The van der Waals surface area contributed by atoms with Gasteiger partial charge in [0.05, 0.1) is 35.3 Å². The van der Waals surface area contributed by atoms with E-state index in [-0.39, 0.29) is 35.9 Å². The Morgan fingerprint density at radius 2 is 1.79 bits per heavy atom. The number of non-ortho nitro benzene ring substituents is 1. The van der Waals surface area contributed by atoms with Crippen molar-refractivity contribution in [2.75, 3.05) is 6.61 Å². The van der Waals surface area contributed by atoms with E-state index in [2.05, 4.69) is 0 Å². The Hall–Kier alpha value is -4.11. The van der Waals surface area contributed by atoms with E-state index in [4.69, 9.17) is 4.74 Å². The number of fused-ring (bicyclic) bond motifs is 3. The maximum Gasteiger partial charge on any atom is 0.340 e. The molecule has 4 rings (SSSR count). The minimum absolute atomic E-state index is 0.0200. The fourth-order valence-corrected chi connectivity index (χ4v) is 4.14. The third kappa shape index (κ3) is 3.83. The molecule has 9 heteroatoms. The number of rotatable bonds is 6. The molecule has 1 atom stereocenters. The summed E-state index contributed by atoms with van der Waals surface area (Å²) in [6, 6.07) is 11.6. The largest absolute Gasteiger partial charge is 0.508 e. The second-order valence-electron chi connectivity index (χ2n) is 7.68. The Kier molecular flexibility index (Phi) is 5.65. The first kappa shape index (κ1) is 22.1. The SMILES string of the molecule is CCOC(=O)c1c(C)n(C[C@H](O)c2ccc([N+](=O)[O-])cc2)c2c1cc(O)c1ccc(O)cc12. The van der Waals surface area contributed by atoms with Crippen LogP contribution in [0.5, 0.6) is 11.5 Å². The molecule has 170 valence electrons. The third-order valence-electron chi connectivity index (χ3n) is 5.70. The van der Waals surface area contributed by atoms with E-state index in [1.165, 1.54) is 42.5 Å². The van der Waals surface area contributed by atoms with Gasteiger partial charge in [0, 0.05) is 34.0 Å². The van der Waals surface area contributed by atoms with Gasteiger partial charge in [-0.1, -0.05) is 0 Å². The lowest BCUT2D eigenvalue weighted by Crippen LogP contribution is -2.12. The van der Waals surface area contributed by atoms with Gasteiger partial charge in [-0.25, -0.2) is 4.79 Å². The molecule has 0 spiro atoms. The summed E-state index contributed by atoms with van der Waals surface area (Å²) in [6.45, 7) is 3.59. The van der Waals surface area contributed by atoms with Crippen LogP contribution in [-0.4, -0.2) is 37.4 Å². The molecule has 9 nitrogen and oxygen atoms in total. The van der Waals surface area contributed by atoms with Crippen LogP contribution in [0.15, 0.2) is 48.5 Å². The van der Waals surface area contributed by atoms with Crippen molar-refractivity contribution in [1.82, 2.24) is 4.57 Å². The molecule has 33 heavy (non-hydrogen) atoms. The van der Waals surface area contributed by atoms with Gasteiger partial charge in [-0.3, -0.25) is 10.1 Å². The Balaban J connectivity index is 1.92. The summed E-state index contributed by atoms with van der Waals surface area (Å²) in [5, 5.41) is 43.9. The van der Waals surface area contributed by atoms with Crippen LogP contribution in [0.1, 0.15) is 34.6 Å². The zero-order chi connectivity index (χ0) is 23.9. The summed E-state index contributed by atoms with van der Waals surface area (Å²) in [6.07, 6.45) is -1.05. The Labute approximate surface area is 188 Å². The van der Waals surface area contributed by atoms with Crippen molar-refractivity contribution < 1.29 is 29.8 Å². The summed E-state index contributed by atoms with van der Waals surface area (Å²) in [7, 11) is 0. The highest BCUT2D eigenvalue weighted by molar-refractivity contribution is 6.16. The second kappa shape index (κ2) is 8.44. The third-order valence-corrected chi connectivity index (χ3v) is 5.70. The number of nitrogens with zero attached hydrogens (tertiary/aromatic N) is 2. The highest BCUT2D eigenvalue weighted by Crippen LogP contribution is 2.39. The number of nitro benzene ring substituents is 1. The Bertz CT molecular complexity index is 1390. The smallest absolute Gasteiger partial charge is 0.340 e. The fourth-order valence-electron chi connectivity index (χ4n) is 4.14. The number of aromatic hydroxyl groups is 2. The van der Waals surface area contributed by atoms with Gasteiger partial charge in [-0.15, -0.1) is 0 Å². The number of phenols is 2. The number of hydrogen-bond acceptors (Lipinski definition) is 7. The van der Waals surface area contributed by atoms with Gasteiger partial charge in [0.25, 0.3) is 5.69 Å². The number of phenolic OH excluding ortho intramolecular Hbond substituents is 2. The van der Waals surface area contributed by atoms with E-state index >= 15 is 0 Å². The fraction of sp³-hybridized carbons (Fsp3) is 0.208. The first-order chi connectivity index (χ1) is 15.7. The topological polar surface area (TPSA) is 135 Å². The summed E-state index contributed by atoms with van der Waals surface area (Å²) in [5.74, 6) is -0.646. The van der Waals surface area contributed by atoms with E-state index in [9.17, 15) is 30.2 Å². The molecule has 1 aromatic heterocycles. The molecular weight excluding hydrogens is 428 g/mol. The van der Waals surface area contributed by atoms with Gasteiger partial charge in [-0.05, 0) is 55.8 Å². The molecule has 0 bridgehead atoms. The van der Waals surface area contributed by atoms with Crippen LogP contribution in [0.4, 0.5) is 5.69 Å². The quantitative estimate of drug-likeness (QED) is 0.226. The predicted molar refractivity (Wildman–Crippen MR) is 122 cm³/mol. The predicted octanol–water partition coefficient (Wildman–Crippen LogP) is 4.33. The summed E-state index contributed by atoms with van der Waals surface area (Å²) in [5.41, 5.74) is 1.68. The van der Waals surface area contributed by atoms with Crippen molar-refractivity contribution >= 4 is 33.3 Å². The van der Waals surface area contributed by atoms with Gasteiger partial charge in [0.2, 0.25) is 0 Å². The Morgan fingerprint density at radius 1 is 1.09 bits per heavy atom. The molecule has 0 radical (unpaired) electrons. The number of aromatic nitrogens is 1. The first-order valence-electron chi connectivity index (χ1n) is 10.3. The second-order valence-corrected chi connectivity index (χ2v) is 7.68. The summed E-state index contributed by atoms with van der Waals surface area (Å²) in [4.78, 5) is 23.2. The molecule has 0 saturated heterocycles. The van der Waals surface area contributed by atoms with Crippen molar-refractivity contribution in [1.29, 1.82) is 0 Å². The molecule has 3 N–H and O–H groups in total. The van der Waals surface area contributed by atoms with Crippen LogP contribution in [0, 0.1) is 17.0 Å². The average Bonchev–Trinajstić information content (AvgIpc) is 3.05. The Morgan fingerprint density at radius 3 is 2.42 bits per heavy atom. The van der Waals surface area contributed by atoms with Gasteiger partial charge in [0.15, 0.2) is 0 Å². The number of esters is 1. The van der Waals surface area contributed by atoms with Crippen molar-refractivity contribution in [3.8, 4) is 11.5 Å². The molecule has 0 aliphatic carbocycles. The number of aliphatic hydroxyl groups excluding tert-OH is 1. The van der Waals surface area contributed by atoms with Crippen LogP contribution in [-0.2, 0) is 11.3 Å². The molecule has 0 amide bonds. The van der Waals surface area contributed by atoms with Gasteiger partial charge in [-0.2, -0.15) is 0 Å². The zero-order valence-electron chi connectivity index (χ0n) is 18.0. The minimum atomic E-state index is -1.05. The van der Waals surface area contributed by atoms with Crippen LogP contribution >= 0.6 is 0 Å². The number of aliphatic hydroxyl groups is 1. The number of nitro groups is 1. The van der Waals surface area contributed by atoms with E-state index in [1.54, 1.807) is 24.5 Å². The zero-order valence-corrected chi connectivity index (χ0v) is 18.0. The number of ether oxygens (including phenoxy) is 1. The molecule has 4 aromatic rings. The van der Waals surface area contributed by atoms with E-state index in [0.29, 0.717) is 32.9 Å². The maximum atomic E-state index is 12.8. The van der Waals surface area contributed by atoms with Crippen LogP contribution in [0.25, 0.3) is 21.7 Å². The monoisotopic (exact) mass is 450 g/mol. The number of carbonyl (C=O) groups excluding carboxylic acids is 1. The minimum Gasteiger partial charge on any atom is -0.508 e. The van der Waals surface area contributed by atoms with Gasteiger partial charge in [0.1, 0.15) is 11.5 Å². The summed E-state index contributed by atoms with van der Waals surface area (Å²) < 4.78 is 6.95. The standard InChI is InChI=1S/C24H22N2O7/c1-3-33-24(30)22-13(2)25(12-21(29)14-4-6-15(7-5-14)26(31)32)23-18-10-16(27)8-9-17(18)20(28)11-19(22)23/h4-11,21,27-29H,3,12H2,1-2H3/t21-/m0/s1. The molecule has 3 aromatic carbocycles. The maximum absolute atomic E-state index is 12.8. The van der Waals surface area contributed by atoms with Gasteiger partial charge >= 0.3 is 5.97 Å². The van der Waals surface area contributed by atoms with Crippen LogP contribution < -0.4 is 0 Å². The molecule has 0 aliphatic rings. The molecule has 0 aliphatic heterocycles. The lowest BCUT2D eigenvalue weighted by Gasteiger charge is -2.16. The normalized spacial score (nSPS) is 12.2. The van der Waals surface area contributed by atoms with E-state index < -0.39 is 17.0 Å². The van der Waals surface area contributed by atoms with E-state index in [0.717, 1.165) is 0 Å². The van der Waals surface area contributed by atoms with Crippen molar-refractivity contribution in [3.05, 3.63) is 75.5 Å². The lowest BCUT2D eigenvalue weighted by atomic mass is 10.0. The molecule has 1 heterocycles. The van der Waals surface area contributed by atoms with Crippen molar-refractivity contribution in [2.24, 2.45) is 0 Å². The number of carbonyl (C=O) groups is 1. The highest BCUT2D eigenvalue weighted by atomic mass is 16.6. The van der Waals surface area contributed by atoms with E-state index in [1.807, 2.05) is 0 Å². The first-order valence-corrected chi connectivity index (χ1v) is 10.3. The molecule has 0 saturated carbocycles. The lowest BCUT2D eigenvalue weighted by molar-refractivity contribution is -0.384. The highest BCUT2D eigenvalue weighted by Gasteiger charge is 2.25. The van der Waals surface area contributed by atoms with Gasteiger partial charge < -0.3 is 24.6 Å². The van der Waals surface area contributed by atoms with Crippen molar-refractivity contribution in [2.45, 2.75) is 26.5 Å². The molecule has 0 fully saturated rings. The van der Waals surface area contributed by atoms with Crippen LogP contribution in [0.2, 0.25) is 0 Å².